The van der Waals surface area contributed by atoms with Crippen LogP contribution in [0.4, 0.5) is 5.82 Å². The van der Waals surface area contributed by atoms with E-state index in [1.807, 2.05) is 0 Å². The summed E-state index contributed by atoms with van der Waals surface area (Å²) < 4.78 is 0. The van der Waals surface area contributed by atoms with Crippen molar-refractivity contribution in [3.05, 3.63) is 17.6 Å². The number of aryl methyl sites for hydroxylation is 1. The van der Waals surface area contributed by atoms with E-state index in [4.69, 9.17) is 5.73 Å². The lowest BCUT2D eigenvalue weighted by Gasteiger charge is -2.18. The van der Waals surface area contributed by atoms with Gasteiger partial charge in [-0.05, 0) is 18.3 Å². The van der Waals surface area contributed by atoms with Gasteiger partial charge in [-0.3, -0.25) is 0 Å². The van der Waals surface area contributed by atoms with Gasteiger partial charge in [-0.2, -0.15) is 0 Å². The van der Waals surface area contributed by atoms with Crippen LogP contribution < -0.4 is 5.73 Å². The summed E-state index contributed by atoms with van der Waals surface area (Å²) in [6.45, 7) is 4.39. The van der Waals surface area contributed by atoms with Crippen LogP contribution in [0.5, 0.6) is 0 Å². The minimum atomic E-state index is 0.167. The number of aromatic nitrogens is 2. The lowest BCUT2D eigenvalue weighted by Crippen LogP contribution is -2.15. The van der Waals surface area contributed by atoms with Crippen LogP contribution in [0.1, 0.15) is 31.5 Å². The van der Waals surface area contributed by atoms with E-state index < -0.39 is 0 Å². The molecule has 3 heteroatoms. The Kier molecular flexibility index (Phi) is 1.37. The highest BCUT2D eigenvalue weighted by Gasteiger charge is 2.33. The van der Waals surface area contributed by atoms with Crippen molar-refractivity contribution in [2.24, 2.45) is 0 Å². The number of nitrogens with two attached hydrogens (primary N) is 1. The van der Waals surface area contributed by atoms with Crippen molar-refractivity contribution in [3.63, 3.8) is 0 Å². The highest BCUT2D eigenvalue weighted by atomic mass is 14.9. The Bertz CT molecular complexity index is 318. The van der Waals surface area contributed by atoms with Crippen LogP contribution >= 0.6 is 0 Å². The number of fused-ring (bicyclic) bond motifs is 1. The third-order valence-corrected chi connectivity index (χ3v) is 2.62. The number of nitrogens with zero attached hydrogens (tertiary/aromatic N) is 2. The zero-order valence-corrected chi connectivity index (χ0v) is 7.46. The van der Waals surface area contributed by atoms with Gasteiger partial charge < -0.3 is 5.73 Å². The third kappa shape index (κ3) is 0.891. The first-order chi connectivity index (χ1) is 5.61. The smallest absolute Gasteiger partial charge is 0.130 e. The van der Waals surface area contributed by atoms with Gasteiger partial charge in [-0.25, -0.2) is 9.97 Å². The van der Waals surface area contributed by atoms with Gasteiger partial charge >= 0.3 is 0 Å². The van der Waals surface area contributed by atoms with E-state index in [1.54, 1.807) is 6.33 Å². The number of anilines is 1. The predicted molar refractivity (Wildman–Crippen MR) is 47.8 cm³/mol. The van der Waals surface area contributed by atoms with E-state index in [1.165, 1.54) is 0 Å². The molecule has 1 aliphatic rings. The van der Waals surface area contributed by atoms with Crippen LogP contribution in [-0.2, 0) is 11.8 Å². The molecular formula is C9H13N3. The molecule has 1 aromatic heterocycles. The normalized spacial score (nSPS) is 19.2. The third-order valence-electron chi connectivity index (χ3n) is 2.62. The van der Waals surface area contributed by atoms with Crippen molar-refractivity contribution < 1.29 is 0 Å². The summed E-state index contributed by atoms with van der Waals surface area (Å²) in [4.78, 5) is 8.24. The molecule has 0 fully saturated rings. The summed E-state index contributed by atoms with van der Waals surface area (Å²) >= 11 is 0. The molecule has 12 heavy (non-hydrogen) atoms. The molecule has 0 saturated carbocycles. The van der Waals surface area contributed by atoms with Crippen molar-refractivity contribution in [1.82, 2.24) is 9.97 Å². The molecule has 0 spiro atoms. The second kappa shape index (κ2) is 2.19. The molecule has 0 atom stereocenters. The van der Waals surface area contributed by atoms with E-state index in [2.05, 4.69) is 23.8 Å². The molecule has 0 saturated heterocycles. The topological polar surface area (TPSA) is 51.8 Å². The molecule has 0 bridgehead atoms. The van der Waals surface area contributed by atoms with Crippen LogP contribution in [0.15, 0.2) is 6.33 Å². The molecule has 64 valence electrons. The minimum Gasteiger partial charge on any atom is -0.383 e. The lowest BCUT2D eigenvalue weighted by atomic mass is 9.87. The van der Waals surface area contributed by atoms with E-state index in [0.717, 1.165) is 24.1 Å². The second-order valence-electron chi connectivity index (χ2n) is 3.96. The van der Waals surface area contributed by atoms with E-state index in [9.17, 15) is 0 Å². The highest BCUT2D eigenvalue weighted by molar-refractivity contribution is 5.49. The molecule has 0 aliphatic heterocycles. The molecule has 2 N–H and O–H groups in total. The van der Waals surface area contributed by atoms with E-state index in [-0.39, 0.29) is 5.41 Å². The Morgan fingerprint density at radius 2 is 2.17 bits per heavy atom. The summed E-state index contributed by atoms with van der Waals surface area (Å²) in [5, 5.41) is 0. The second-order valence-corrected chi connectivity index (χ2v) is 3.96. The average Bonchev–Trinajstić information content (AvgIpc) is 2.29. The number of hydrogen-bond donors (Lipinski definition) is 1. The molecule has 0 unspecified atom stereocenters. The maximum atomic E-state index is 5.80. The molecule has 1 aliphatic carbocycles. The molecule has 0 radical (unpaired) electrons. The van der Waals surface area contributed by atoms with Gasteiger partial charge in [0.2, 0.25) is 0 Å². The Hall–Kier alpha value is -1.12. The van der Waals surface area contributed by atoms with Gasteiger partial charge in [-0.1, -0.05) is 13.8 Å². The molecule has 3 nitrogen and oxygen atoms in total. The summed E-state index contributed by atoms with van der Waals surface area (Å²) in [5.41, 5.74) is 8.25. The van der Waals surface area contributed by atoms with Crippen molar-refractivity contribution in [1.29, 1.82) is 0 Å². The maximum absolute atomic E-state index is 5.80. The van der Waals surface area contributed by atoms with Gasteiger partial charge in [0.1, 0.15) is 12.1 Å². The van der Waals surface area contributed by atoms with E-state index in [0.29, 0.717) is 5.82 Å². The largest absolute Gasteiger partial charge is 0.383 e. The number of rotatable bonds is 0. The van der Waals surface area contributed by atoms with Crippen LogP contribution in [-0.4, -0.2) is 9.97 Å². The van der Waals surface area contributed by atoms with Crippen molar-refractivity contribution in [3.8, 4) is 0 Å². The van der Waals surface area contributed by atoms with Crippen molar-refractivity contribution in [2.75, 3.05) is 5.73 Å². The fourth-order valence-corrected chi connectivity index (χ4v) is 1.92. The number of nitrogen functional groups attached to an aromatic ring is 1. The lowest BCUT2D eigenvalue weighted by molar-refractivity contribution is 0.523. The molecule has 2 rings (SSSR count). The maximum Gasteiger partial charge on any atom is 0.130 e. The van der Waals surface area contributed by atoms with Crippen molar-refractivity contribution in [2.45, 2.75) is 32.1 Å². The Morgan fingerprint density at radius 3 is 2.83 bits per heavy atom. The Morgan fingerprint density at radius 1 is 1.42 bits per heavy atom. The zero-order valence-electron chi connectivity index (χ0n) is 7.46. The molecular weight excluding hydrogens is 150 g/mol. The quantitative estimate of drug-likeness (QED) is 0.626. The average molecular weight is 163 g/mol. The first kappa shape index (κ1) is 7.53. The SMILES string of the molecule is CC1(C)CCc2ncnc(N)c21. The van der Waals surface area contributed by atoms with Gasteiger partial charge in [0, 0.05) is 11.3 Å². The first-order valence-corrected chi connectivity index (χ1v) is 4.21. The van der Waals surface area contributed by atoms with Crippen LogP contribution in [0.2, 0.25) is 0 Å². The molecule has 1 aromatic rings. The van der Waals surface area contributed by atoms with Crippen molar-refractivity contribution >= 4 is 5.82 Å². The summed E-state index contributed by atoms with van der Waals surface area (Å²) in [6, 6.07) is 0. The van der Waals surface area contributed by atoms with Gasteiger partial charge in [0.05, 0.1) is 0 Å². The first-order valence-electron chi connectivity index (χ1n) is 4.21. The van der Waals surface area contributed by atoms with Crippen LogP contribution in [0.3, 0.4) is 0 Å². The Balaban J connectivity index is 2.64. The fourth-order valence-electron chi connectivity index (χ4n) is 1.92. The Labute approximate surface area is 72.0 Å². The van der Waals surface area contributed by atoms with Crippen LogP contribution in [0, 0.1) is 0 Å². The molecule has 0 aromatic carbocycles. The van der Waals surface area contributed by atoms with Gasteiger partial charge in [0.25, 0.3) is 0 Å². The van der Waals surface area contributed by atoms with Crippen LogP contribution in [0.25, 0.3) is 0 Å². The summed E-state index contributed by atoms with van der Waals surface area (Å²) in [7, 11) is 0. The molecule has 0 amide bonds. The van der Waals surface area contributed by atoms with E-state index >= 15 is 0 Å². The zero-order chi connectivity index (χ0) is 8.77. The summed E-state index contributed by atoms with van der Waals surface area (Å²) in [5.74, 6) is 0.655. The molecule has 1 heterocycles. The summed E-state index contributed by atoms with van der Waals surface area (Å²) in [6.07, 6.45) is 3.72. The monoisotopic (exact) mass is 163 g/mol. The number of hydrogen-bond acceptors (Lipinski definition) is 3. The standard InChI is InChI=1S/C9H13N3/c1-9(2)4-3-6-7(9)8(10)12-5-11-6/h5H,3-4H2,1-2H3,(H2,10,11,12). The minimum absolute atomic E-state index is 0.167. The van der Waals surface area contributed by atoms with Gasteiger partial charge in [0.15, 0.2) is 0 Å². The fraction of sp³-hybridized carbons (Fsp3) is 0.556. The predicted octanol–water partition coefficient (Wildman–Crippen LogP) is 1.28. The van der Waals surface area contributed by atoms with Gasteiger partial charge in [-0.15, -0.1) is 0 Å². The highest BCUT2D eigenvalue weighted by Crippen LogP contribution is 2.39.